The van der Waals surface area contributed by atoms with E-state index in [0.29, 0.717) is 11.3 Å². The van der Waals surface area contributed by atoms with Gasteiger partial charge in [-0.15, -0.1) is 23.2 Å². The molecule has 1 atom stereocenters. The fourth-order valence-electron chi connectivity index (χ4n) is 1.11. The lowest BCUT2D eigenvalue weighted by Crippen LogP contribution is -2.17. The zero-order valence-corrected chi connectivity index (χ0v) is 11.1. The smallest absolute Gasteiger partial charge is 0.185 e. The molecule has 2 nitrogen and oxygen atoms in total. The maximum atomic E-state index is 11.8. The zero-order valence-electron chi connectivity index (χ0n) is 7.97. The summed E-state index contributed by atoms with van der Waals surface area (Å²) >= 11 is 14.6. The van der Waals surface area contributed by atoms with Gasteiger partial charge in [0.25, 0.3) is 0 Å². The number of Topliss-reactive ketones (excluding diaryl/α,β-unsaturated/α-hetero) is 1. The molecule has 0 saturated carbocycles. The zero-order chi connectivity index (χ0) is 11.4. The minimum atomic E-state index is -0.727. The van der Waals surface area contributed by atoms with E-state index in [1.54, 1.807) is 18.2 Å². The van der Waals surface area contributed by atoms with Gasteiger partial charge in [0, 0.05) is 10.4 Å². The molecule has 0 N–H and O–H groups in total. The number of rotatable bonds is 4. The third-order valence-electron chi connectivity index (χ3n) is 1.85. The molecule has 15 heavy (non-hydrogen) atoms. The molecule has 1 aromatic rings. The average molecular weight is 312 g/mol. The van der Waals surface area contributed by atoms with Gasteiger partial charge in [-0.2, -0.15) is 0 Å². The van der Waals surface area contributed by atoms with Crippen LogP contribution < -0.4 is 4.74 Å². The van der Waals surface area contributed by atoms with Crippen LogP contribution in [0.2, 0.25) is 0 Å². The van der Waals surface area contributed by atoms with Crippen LogP contribution >= 0.6 is 39.1 Å². The van der Waals surface area contributed by atoms with Gasteiger partial charge in [0.1, 0.15) is 11.1 Å². The SMILES string of the molecule is COc1ccc(Br)cc1C(=O)C(Cl)CCl. The van der Waals surface area contributed by atoms with Crippen molar-refractivity contribution in [3.8, 4) is 5.75 Å². The Kier molecular flexibility index (Phi) is 4.90. The van der Waals surface area contributed by atoms with Crippen LogP contribution in [0.15, 0.2) is 22.7 Å². The molecule has 0 radical (unpaired) electrons. The summed E-state index contributed by atoms with van der Waals surface area (Å²) in [6, 6.07) is 5.16. The first-order valence-electron chi connectivity index (χ1n) is 4.18. The third kappa shape index (κ3) is 3.10. The standard InChI is InChI=1S/C10H9BrCl2O2/c1-15-9-3-2-6(11)4-7(9)10(14)8(13)5-12/h2-4,8H,5H2,1H3. The predicted octanol–water partition coefficient (Wildman–Crippen LogP) is 3.49. The van der Waals surface area contributed by atoms with Crippen molar-refractivity contribution in [3.05, 3.63) is 28.2 Å². The molecule has 0 bridgehead atoms. The molecule has 0 amide bonds. The van der Waals surface area contributed by atoms with Crippen molar-refractivity contribution in [2.45, 2.75) is 5.38 Å². The number of hydrogen-bond donors (Lipinski definition) is 0. The molecule has 0 aliphatic rings. The predicted molar refractivity (Wildman–Crippen MR) is 65.4 cm³/mol. The molecule has 1 aromatic carbocycles. The van der Waals surface area contributed by atoms with Crippen LogP contribution in [-0.4, -0.2) is 24.2 Å². The van der Waals surface area contributed by atoms with Crippen molar-refractivity contribution in [2.24, 2.45) is 0 Å². The van der Waals surface area contributed by atoms with Crippen LogP contribution in [0.25, 0.3) is 0 Å². The average Bonchev–Trinajstić information content (AvgIpc) is 2.27. The fourth-order valence-corrected chi connectivity index (χ4v) is 1.73. The molecule has 5 heteroatoms. The summed E-state index contributed by atoms with van der Waals surface area (Å²) in [4.78, 5) is 11.8. The van der Waals surface area contributed by atoms with Crippen LogP contribution in [0.1, 0.15) is 10.4 Å². The van der Waals surface area contributed by atoms with E-state index in [0.717, 1.165) is 4.47 Å². The molecule has 0 aliphatic heterocycles. The van der Waals surface area contributed by atoms with Crippen LogP contribution in [0.3, 0.4) is 0 Å². The highest BCUT2D eigenvalue weighted by Gasteiger charge is 2.20. The first kappa shape index (κ1) is 12.8. The van der Waals surface area contributed by atoms with Gasteiger partial charge in [-0.3, -0.25) is 4.79 Å². The number of benzene rings is 1. The molecule has 0 fully saturated rings. The van der Waals surface area contributed by atoms with Crippen LogP contribution in [-0.2, 0) is 0 Å². The quantitative estimate of drug-likeness (QED) is 0.628. The number of carbonyl (C=O) groups is 1. The molecule has 0 spiro atoms. The molecular weight excluding hydrogens is 303 g/mol. The molecule has 0 aliphatic carbocycles. The fraction of sp³-hybridized carbons (Fsp3) is 0.300. The summed E-state index contributed by atoms with van der Waals surface area (Å²) in [7, 11) is 1.50. The first-order chi connectivity index (χ1) is 7.10. The topological polar surface area (TPSA) is 26.3 Å². The number of ether oxygens (including phenoxy) is 1. The second-order valence-electron chi connectivity index (χ2n) is 2.83. The Balaban J connectivity index is 3.11. The summed E-state index contributed by atoms with van der Waals surface area (Å²) < 4.78 is 5.87. The van der Waals surface area contributed by atoms with Crippen molar-refractivity contribution in [1.82, 2.24) is 0 Å². The highest BCUT2D eigenvalue weighted by atomic mass is 79.9. The summed E-state index contributed by atoms with van der Waals surface area (Å²) in [6.45, 7) is 0. The number of ketones is 1. The van der Waals surface area contributed by atoms with E-state index in [2.05, 4.69) is 15.9 Å². The largest absolute Gasteiger partial charge is 0.496 e. The number of hydrogen-bond acceptors (Lipinski definition) is 2. The van der Waals surface area contributed by atoms with Gasteiger partial charge >= 0.3 is 0 Å². The van der Waals surface area contributed by atoms with E-state index in [9.17, 15) is 4.79 Å². The van der Waals surface area contributed by atoms with Crippen LogP contribution in [0, 0.1) is 0 Å². The maximum Gasteiger partial charge on any atom is 0.185 e. The second kappa shape index (κ2) is 5.73. The van der Waals surface area contributed by atoms with Crippen LogP contribution in [0.5, 0.6) is 5.75 Å². The van der Waals surface area contributed by atoms with Gasteiger partial charge in [0.15, 0.2) is 5.78 Å². The molecule has 0 heterocycles. The normalized spacial score (nSPS) is 12.3. The van der Waals surface area contributed by atoms with Crippen molar-refractivity contribution < 1.29 is 9.53 Å². The first-order valence-corrected chi connectivity index (χ1v) is 5.94. The van der Waals surface area contributed by atoms with E-state index in [1.165, 1.54) is 7.11 Å². The number of halogens is 3. The van der Waals surface area contributed by atoms with Gasteiger partial charge in [-0.05, 0) is 18.2 Å². The maximum absolute atomic E-state index is 11.8. The Bertz CT molecular complexity index is 368. The summed E-state index contributed by atoms with van der Waals surface area (Å²) in [5.41, 5.74) is 0.438. The van der Waals surface area contributed by atoms with Crippen molar-refractivity contribution in [2.75, 3.05) is 13.0 Å². The van der Waals surface area contributed by atoms with Crippen molar-refractivity contribution in [3.63, 3.8) is 0 Å². The Morgan fingerprint density at radius 2 is 2.27 bits per heavy atom. The summed E-state index contributed by atoms with van der Waals surface area (Å²) in [5, 5.41) is -0.727. The van der Waals surface area contributed by atoms with Crippen molar-refractivity contribution >= 4 is 44.9 Å². The summed E-state index contributed by atoms with van der Waals surface area (Å²) in [6.07, 6.45) is 0. The van der Waals surface area contributed by atoms with E-state index >= 15 is 0 Å². The van der Waals surface area contributed by atoms with Crippen LogP contribution in [0.4, 0.5) is 0 Å². The molecule has 0 saturated heterocycles. The number of carbonyl (C=O) groups excluding carboxylic acids is 1. The number of alkyl halides is 2. The Labute approximate surface area is 107 Å². The van der Waals surface area contributed by atoms with E-state index in [4.69, 9.17) is 27.9 Å². The molecule has 1 unspecified atom stereocenters. The third-order valence-corrected chi connectivity index (χ3v) is 3.16. The van der Waals surface area contributed by atoms with Gasteiger partial charge in [-0.1, -0.05) is 15.9 Å². The lowest BCUT2D eigenvalue weighted by Gasteiger charge is -2.09. The monoisotopic (exact) mass is 310 g/mol. The summed E-state index contributed by atoms with van der Waals surface area (Å²) in [5.74, 6) is 0.347. The highest BCUT2D eigenvalue weighted by Crippen LogP contribution is 2.25. The Morgan fingerprint density at radius 1 is 1.60 bits per heavy atom. The van der Waals surface area contributed by atoms with E-state index < -0.39 is 5.38 Å². The molecule has 0 aromatic heterocycles. The Hall–Kier alpha value is -0.250. The molecular formula is C10H9BrCl2O2. The lowest BCUT2D eigenvalue weighted by atomic mass is 10.1. The van der Waals surface area contributed by atoms with Gasteiger partial charge in [-0.25, -0.2) is 0 Å². The number of methoxy groups -OCH3 is 1. The minimum Gasteiger partial charge on any atom is -0.496 e. The van der Waals surface area contributed by atoms with E-state index in [-0.39, 0.29) is 11.7 Å². The lowest BCUT2D eigenvalue weighted by molar-refractivity contribution is 0.0990. The van der Waals surface area contributed by atoms with Gasteiger partial charge in [0.05, 0.1) is 12.7 Å². The highest BCUT2D eigenvalue weighted by molar-refractivity contribution is 9.10. The molecule has 82 valence electrons. The minimum absolute atomic E-state index is 0.0794. The van der Waals surface area contributed by atoms with Gasteiger partial charge < -0.3 is 4.74 Å². The van der Waals surface area contributed by atoms with Gasteiger partial charge in [0.2, 0.25) is 0 Å². The second-order valence-corrected chi connectivity index (χ2v) is 4.58. The van der Waals surface area contributed by atoms with Crippen molar-refractivity contribution in [1.29, 1.82) is 0 Å². The van der Waals surface area contributed by atoms with E-state index in [1.807, 2.05) is 0 Å². The Morgan fingerprint density at radius 3 is 2.80 bits per heavy atom. The molecule has 1 rings (SSSR count).